The van der Waals surface area contributed by atoms with Gasteiger partial charge in [-0.1, -0.05) is 12.1 Å². The summed E-state index contributed by atoms with van der Waals surface area (Å²) in [6, 6.07) is 8.97. The number of nitrogens with one attached hydrogen (secondary N) is 1. The number of anilines is 1. The van der Waals surface area contributed by atoms with Gasteiger partial charge in [-0.15, -0.1) is 0 Å². The standard InChI is InChI=1S/C23H20F2N2O4/c1-11-8-13-3-2-12(9-18(13)26-11)15-6-7-16-19(21(15)31-23(24)25)27(14-4-5-14)10-17(20(16)28)22(29)30/h2-3,6-7,9-11,14,23,26H,4-5,8H2,1H3,(H,29,30). The first kappa shape index (κ1) is 19.5. The number of fused-ring (bicyclic) bond motifs is 2. The molecule has 2 heterocycles. The number of benzene rings is 2. The van der Waals surface area contributed by atoms with Crippen molar-refractivity contribution < 1.29 is 23.4 Å². The number of rotatable bonds is 5. The molecule has 3 aromatic rings. The van der Waals surface area contributed by atoms with Gasteiger partial charge in [0.1, 0.15) is 5.56 Å². The quantitative estimate of drug-likeness (QED) is 0.620. The van der Waals surface area contributed by atoms with Gasteiger partial charge < -0.3 is 19.7 Å². The molecule has 1 unspecified atom stereocenters. The number of hydrogen-bond donors (Lipinski definition) is 2. The third-order valence-corrected chi connectivity index (χ3v) is 5.87. The summed E-state index contributed by atoms with van der Waals surface area (Å²) in [5.41, 5.74) is 2.30. The van der Waals surface area contributed by atoms with Gasteiger partial charge in [0, 0.05) is 29.5 Å². The van der Waals surface area contributed by atoms with Crippen molar-refractivity contribution in [1.82, 2.24) is 4.57 Å². The number of halogens is 2. The molecule has 1 aliphatic heterocycles. The van der Waals surface area contributed by atoms with Gasteiger partial charge in [-0.2, -0.15) is 8.78 Å². The summed E-state index contributed by atoms with van der Waals surface area (Å²) in [5.74, 6) is -1.46. The first-order valence-corrected chi connectivity index (χ1v) is 10.1. The molecule has 2 aromatic carbocycles. The van der Waals surface area contributed by atoms with E-state index in [1.54, 1.807) is 10.6 Å². The maximum atomic E-state index is 13.5. The number of aromatic nitrogens is 1. The van der Waals surface area contributed by atoms with E-state index in [-0.39, 0.29) is 34.3 Å². The van der Waals surface area contributed by atoms with Crippen molar-refractivity contribution in [2.24, 2.45) is 0 Å². The lowest BCUT2D eigenvalue weighted by Crippen LogP contribution is -2.19. The molecule has 1 fully saturated rings. The highest BCUT2D eigenvalue weighted by atomic mass is 19.3. The maximum absolute atomic E-state index is 13.5. The molecule has 8 heteroatoms. The molecule has 1 saturated carbocycles. The average molecular weight is 426 g/mol. The molecular formula is C23H20F2N2O4. The van der Waals surface area contributed by atoms with E-state index in [0.717, 1.165) is 30.5 Å². The van der Waals surface area contributed by atoms with Gasteiger partial charge >= 0.3 is 12.6 Å². The van der Waals surface area contributed by atoms with Crippen LogP contribution < -0.4 is 15.5 Å². The van der Waals surface area contributed by atoms with Gasteiger partial charge in [0.15, 0.2) is 5.75 Å². The van der Waals surface area contributed by atoms with Crippen molar-refractivity contribution in [3.05, 3.63) is 57.9 Å². The van der Waals surface area contributed by atoms with Crippen LogP contribution in [0.2, 0.25) is 0 Å². The Hall–Kier alpha value is -3.42. The number of pyridine rings is 1. The Morgan fingerprint density at radius 2 is 2.03 bits per heavy atom. The fourth-order valence-electron chi connectivity index (χ4n) is 4.35. The lowest BCUT2D eigenvalue weighted by atomic mass is 9.98. The minimum atomic E-state index is -3.10. The lowest BCUT2D eigenvalue weighted by molar-refractivity contribution is -0.0486. The van der Waals surface area contributed by atoms with Gasteiger partial charge in [0.2, 0.25) is 5.43 Å². The Labute approximate surface area is 176 Å². The van der Waals surface area contributed by atoms with E-state index >= 15 is 0 Å². The second kappa shape index (κ2) is 7.08. The summed E-state index contributed by atoms with van der Waals surface area (Å²) < 4.78 is 33.5. The molecule has 1 aromatic heterocycles. The van der Waals surface area contributed by atoms with Crippen LogP contribution in [-0.2, 0) is 6.42 Å². The Balaban J connectivity index is 1.80. The van der Waals surface area contributed by atoms with E-state index in [0.29, 0.717) is 11.1 Å². The van der Waals surface area contributed by atoms with Crippen molar-refractivity contribution in [3.8, 4) is 16.9 Å². The molecule has 160 valence electrons. The molecule has 6 nitrogen and oxygen atoms in total. The van der Waals surface area contributed by atoms with Crippen molar-refractivity contribution in [2.75, 3.05) is 5.32 Å². The number of carbonyl (C=O) groups is 1. The second-order valence-electron chi connectivity index (χ2n) is 8.15. The summed E-state index contributed by atoms with van der Waals surface area (Å²) in [6.07, 6.45) is 3.68. The highest BCUT2D eigenvalue weighted by molar-refractivity contribution is 5.98. The van der Waals surface area contributed by atoms with E-state index in [9.17, 15) is 23.5 Å². The number of alkyl halides is 2. The maximum Gasteiger partial charge on any atom is 0.387 e. The van der Waals surface area contributed by atoms with Crippen LogP contribution in [0.4, 0.5) is 14.5 Å². The van der Waals surface area contributed by atoms with Crippen LogP contribution in [0.3, 0.4) is 0 Å². The minimum Gasteiger partial charge on any atom is -0.477 e. The molecule has 0 bridgehead atoms. The van der Waals surface area contributed by atoms with Crippen LogP contribution in [-0.4, -0.2) is 28.3 Å². The summed E-state index contributed by atoms with van der Waals surface area (Å²) in [5, 5.41) is 12.9. The third kappa shape index (κ3) is 3.32. The van der Waals surface area contributed by atoms with Crippen LogP contribution in [0, 0.1) is 0 Å². The Bertz CT molecular complexity index is 1280. The van der Waals surface area contributed by atoms with Crippen LogP contribution in [0.25, 0.3) is 22.0 Å². The van der Waals surface area contributed by atoms with Crippen LogP contribution >= 0.6 is 0 Å². The third-order valence-electron chi connectivity index (χ3n) is 5.87. The minimum absolute atomic E-state index is 0.0547. The van der Waals surface area contributed by atoms with Gasteiger partial charge in [-0.25, -0.2) is 4.79 Å². The fraction of sp³-hybridized carbons (Fsp3) is 0.304. The van der Waals surface area contributed by atoms with Crippen molar-refractivity contribution in [2.45, 2.75) is 44.9 Å². The Morgan fingerprint density at radius 3 is 2.71 bits per heavy atom. The average Bonchev–Trinajstić information content (AvgIpc) is 3.48. The zero-order valence-corrected chi connectivity index (χ0v) is 16.7. The molecular weight excluding hydrogens is 406 g/mol. The highest BCUT2D eigenvalue weighted by Gasteiger charge is 2.30. The van der Waals surface area contributed by atoms with E-state index < -0.39 is 18.0 Å². The predicted molar refractivity (Wildman–Crippen MR) is 112 cm³/mol. The van der Waals surface area contributed by atoms with Crippen molar-refractivity contribution >= 4 is 22.6 Å². The lowest BCUT2D eigenvalue weighted by Gasteiger charge is -2.19. The largest absolute Gasteiger partial charge is 0.477 e. The monoisotopic (exact) mass is 426 g/mol. The smallest absolute Gasteiger partial charge is 0.387 e. The molecule has 1 aliphatic carbocycles. The van der Waals surface area contributed by atoms with E-state index in [1.165, 1.54) is 12.3 Å². The predicted octanol–water partition coefficient (Wildman–Crippen LogP) is 4.66. The molecule has 0 saturated heterocycles. The van der Waals surface area contributed by atoms with Gasteiger partial charge in [0.05, 0.1) is 10.9 Å². The van der Waals surface area contributed by atoms with E-state index in [2.05, 4.69) is 12.2 Å². The fourth-order valence-corrected chi connectivity index (χ4v) is 4.35. The second-order valence-corrected chi connectivity index (χ2v) is 8.15. The number of nitrogens with zero attached hydrogens (tertiary/aromatic N) is 1. The number of carboxylic acid groups (broad SMARTS) is 1. The number of ether oxygens (including phenoxy) is 1. The highest BCUT2D eigenvalue weighted by Crippen LogP contribution is 2.44. The van der Waals surface area contributed by atoms with Gasteiger partial charge in [-0.05, 0) is 55.5 Å². The summed E-state index contributed by atoms with van der Waals surface area (Å²) in [4.78, 5) is 24.4. The molecule has 5 rings (SSSR count). The van der Waals surface area contributed by atoms with E-state index in [4.69, 9.17) is 4.74 Å². The van der Waals surface area contributed by atoms with Gasteiger partial charge in [-0.3, -0.25) is 4.79 Å². The topological polar surface area (TPSA) is 80.6 Å². The zero-order valence-electron chi connectivity index (χ0n) is 16.7. The van der Waals surface area contributed by atoms with Crippen LogP contribution in [0.1, 0.15) is 41.7 Å². The summed E-state index contributed by atoms with van der Waals surface area (Å²) in [7, 11) is 0. The van der Waals surface area contributed by atoms with E-state index in [1.807, 2.05) is 18.2 Å². The van der Waals surface area contributed by atoms with Crippen LogP contribution in [0.5, 0.6) is 5.75 Å². The SMILES string of the molecule is CC1Cc2ccc(-c3ccc4c(=O)c(C(=O)O)cn(C5CC5)c4c3OC(F)F)cc2N1. The summed E-state index contributed by atoms with van der Waals surface area (Å²) >= 11 is 0. The summed E-state index contributed by atoms with van der Waals surface area (Å²) in [6.45, 7) is -1.03. The van der Waals surface area contributed by atoms with Crippen molar-refractivity contribution in [1.29, 1.82) is 0 Å². The molecule has 0 spiro atoms. The molecule has 1 atom stereocenters. The number of aromatic carboxylic acids is 1. The number of carboxylic acids is 1. The molecule has 31 heavy (non-hydrogen) atoms. The first-order chi connectivity index (χ1) is 14.8. The first-order valence-electron chi connectivity index (χ1n) is 10.1. The normalized spacial score (nSPS) is 17.6. The molecule has 0 radical (unpaired) electrons. The Morgan fingerprint density at radius 1 is 1.26 bits per heavy atom. The van der Waals surface area contributed by atoms with Crippen LogP contribution in [0.15, 0.2) is 41.3 Å². The molecule has 2 aliphatic rings. The zero-order chi connectivity index (χ0) is 21.9. The van der Waals surface area contributed by atoms with Crippen molar-refractivity contribution in [3.63, 3.8) is 0 Å². The number of hydrogen-bond acceptors (Lipinski definition) is 4. The molecule has 0 amide bonds. The van der Waals surface area contributed by atoms with Gasteiger partial charge in [0.25, 0.3) is 0 Å². The Kier molecular flexibility index (Phi) is 4.46. The molecule has 2 N–H and O–H groups in total.